The molecule has 3 N–H and O–H groups in total. The third-order valence-corrected chi connectivity index (χ3v) is 2.97. The Morgan fingerprint density at radius 3 is 2.53 bits per heavy atom. The molecule has 17 heavy (non-hydrogen) atoms. The van der Waals surface area contributed by atoms with E-state index in [2.05, 4.69) is 0 Å². The Hall–Kier alpha value is -1.26. The van der Waals surface area contributed by atoms with E-state index in [-0.39, 0.29) is 6.54 Å². The Balaban J connectivity index is 2.42. The highest BCUT2D eigenvalue weighted by Crippen LogP contribution is 2.35. The van der Waals surface area contributed by atoms with Crippen LogP contribution in [0.2, 0.25) is 0 Å². The molecular weight excluding hydrogens is 218 g/mol. The van der Waals surface area contributed by atoms with E-state index < -0.39 is 6.10 Å². The molecule has 0 saturated carbocycles. The first-order valence-corrected chi connectivity index (χ1v) is 6.06. The molecule has 0 radical (unpaired) electrons. The number of ether oxygens (including phenoxy) is 2. The summed E-state index contributed by atoms with van der Waals surface area (Å²) in [5.74, 6) is 1.48. The zero-order chi connectivity index (χ0) is 12.3. The number of aliphatic hydroxyl groups is 1. The van der Waals surface area contributed by atoms with Gasteiger partial charge in [-0.3, -0.25) is 0 Å². The lowest BCUT2D eigenvalue weighted by Gasteiger charge is -2.17. The molecule has 0 bridgehead atoms. The van der Waals surface area contributed by atoms with E-state index in [0.717, 1.165) is 29.7 Å². The monoisotopic (exact) mass is 237 g/mol. The minimum atomic E-state index is -0.637. The second kappa shape index (κ2) is 5.38. The van der Waals surface area contributed by atoms with Crippen molar-refractivity contribution < 1.29 is 14.6 Å². The van der Waals surface area contributed by atoms with Crippen molar-refractivity contribution in [1.82, 2.24) is 0 Å². The van der Waals surface area contributed by atoms with Gasteiger partial charge >= 0.3 is 0 Å². The minimum Gasteiger partial charge on any atom is -0.490 e. The molecule has 1 aromatic carbocycles. The van der Waals surface area contributed by atoms with Crippen molar-refractivity contribution in [2.45, 2.75) is 25.9 Å². The molecule has 2 rings (SSSR count). The van der Waals surface area contributed by atoms with Gasteiger partial charge in [0.25, 0.3) is 0 Å². The molecule has 0 spiro atoms. The molecular formula is C13H19NO3. The number of nitrogens with two attached hydrogens (primary N) is 1. The fourth-order valence-corrected chi connectivity index (χ4v) is 2.01. The van der Waals surface area contributed by atoms with E-state index in [1.807, 2.05) is 19.1 Å². The Bertz CT molecular complexity index is 392. The molecule has 1 unspecified atom stereocenters. The first kappa shape index (κ1) is 12.2. The first-order valence-electron chi connectivity index (χ1n) is 6.06. The summed E-state index contributed by atoms with van der Waals surface area (Å²) in [5.41, 5.74) is 7.42. The van der Waals surface area contributed by atoms with E-state index in [9.17, 15) is 5.11 Å². The molecule has 1 aliphatic heterocycles. The lowest BCUT2D eigenvalue weighted by atomic mass is 9.99. The average molecular weight is 237 g/mol. The normalized spacial score (nSPS) is 16.4. The van der Waals surface area contributed by atoms with Crippen LogP contribution in [0.5, 0.6) is 11.5 Å². The number of aryl methyl sites for hydroxylation is 1. The Labute approximate surface area is 101 Å². The fraction of sp³-hybridized carbons (Fsp3) is 0.538. The van der Waals surface area contributed by atoms with E-state index in [4.69, 9.17) is 15.2 Å². The highest BCUT2D eigenvalue weighted by atomic mass is 16.5. The predicted molar refractivity (Wildman–Crippen MR) is 65.4 cm³/mol. The van der Waals surface area contributed by atoms with Gasteiger partial charge in [0.1, 0.15) is 0 Å². The number of fused-ring (bicyclic) bond motifs is 1. The topological polar surface area (TPSA) is 64.7 Å². The van der Waals surface area contributed by atoms with Gasteiger partial charge in [-0.1, -0.05) is 6.92 Å². The summed E-state index contributed by atoms with van der Waals surface area (Å²) in [6.45, 7) is 3.59. The average Bonchev–Trinajstić information content (AvgIpc) is 2.60. The second-order valence-electron chi connectivity index (χ2n) is 4.15. The van der Waals surface area contributed by atoms with Crippen LogP contribution in [-0.2, 0) is 6.42 Å². The van der Waals surface area contributed by atoms with Crippen molar-refractivity contribution in [1.29, 1.82) is 0 Å². The smallest absolute Gasteiger partial charge is 0.161 e. The van der Waals surface area contributed by atoms with Gasteiger partial charge in [-0.25, -0.2) is 0 Å². The summed E-state index contributed by atoms with van der Waals surface area (Å²) >= 11 is 0. The molecule has 0 aliphatic carbocycles. The van der Waals surface area contributed by atoms with Crippen LogP contribution in [0.15, 0.2) is 12.1 Å². The SMILES string of the molecule is CCc1cc2c(cc1C(O)CN)OCCCO2. The number of hydrogen-bond donors (Lipinski definition) is 2. The molecule has 0 fully saturated rings. The van der Waals surface area contributed by atoms with Gasteiger partial charge in [0, 0.05) is 13.0 Å². The minimum absolute atomic E-state index is 0.215. The van der Waals surface area contributed by atoms with Crippen LogP contribution >= 0.6 is 0 Å². The molecule has 1 aliphatic rings. The van der Waals surface area contributed by atoms with Crippen LogP contribution in [0.1, 0.15) is 30.6 Å². The fourth-order valence-electron chi connectivity index (χ4n) is 2.01. The maximum Gasteiger partial charge on any atom is 0.161 e. The highest BCUT2D eigenvalue weighted by Gasteiger charge is 2.17. The van der Waals surface area contributed by atoms with E-state index in [0.29, 0.717) is 19.0 Å². The molecule has 1 aromatic rings. The van der Waals surface area contributed by atoms with Crippen molar-refractivity contribution in [3.8, 4) is 11.5 Å². The largest absolute Gasteiger partial charge is 0.490 e. The highest BCUT2D eigenvalue weighted by molar-refractivity contribution is 5.48. The van der Waals surface area contributed by atoms with Gasteiger partial charge in [0.15, 0.2) is 11.5 Å². The van der Waals surface area contributed by atoms with Gasteiger partial charge in [-0.05, 0) is 29.7 Å². The summed E-state index contributed by atoms with van der Waals surface area (Å²) in [5, 5.41) is 9.89. The molecule has 0 amide bonds. The summed E-state index contributed by atoms with van der Waals surface area (Å²) in [6.07, 6.45) is 1.08. The van der Waals surface area contributed by atoms with Crippen LogP contribution in [0.3, 0.4) is 0 Å². The second-order valence-corrected chi connectivity index (χ2v) is 4.15. The molecule has 4 nitrogen and oxygen atoms in total. The maximum atomic E-state index is 9.89. The first-order chi connectivity index (χ1) is 8.26. The van der Waals surface area contributed by atoms with Crippen LogP contribution in [0.4, 0.5) is 0 Å². The van der Waals surface area contributed by atoms with Gasteiger partial charge < -0.3 is 20.3 Å². The quantitative estimate of drug-likeness (QED) is 0.834. The van der Waals surface area contributed by atoms with Gasteiger partial charge in [0.2, 0.25) is 0 Å². The van der Waals surface area contributed by atoms with Crippen LogP contribution in [0.25, 0.3) is 0 Å². The van der Waals surface area contributed by atoms with Gasteiger partial charge in [0.05, 0.1) is 19.3 Å². The van der Waals surface area contributed by atoms with E-state index in [1.165, 1.54) is 0 Å². The number of hydrogen-bond acceptors (Lipinski definition) is 4. The summed E-state index contributed by atoms with van der Waals surface area (Å²) in [6, 6.07) is 3.81. The lowest BCUT2D eigenvalue weighted by molar-refractivity contribution is 0.185. The molecule has 1 heterocycles. The molecule has 4 heteroatoms. The van der Waals surface area contributed by atoms with Gasteiger partial charge in [-0.2, -0.15) is 0 Å². The molecule has 94 valence electrons. The van der Waals surface area contributed by atoms with Crippen LogP contribution in [0, 0.1) is 0 Å². The molecule has 0 saturated heterocycles. The van der Waals surface area contributed by atoms with Gasteiger partial charge in [-0.15, -0.1) is 0 Å². The standard InChI is InChI=1S/C13H19NO3/c1-2-9-6-12-13(17-5-3-4-16-12)7-10(9)11(15)8-14/h6-7,11,15H,2-5,8,14H2,1H3. The molecule has 1 atom stereocenters. The van der Waals surface area contributed by atoms with Crippen molar-refractivity contribution in [3.63, 3.8) is 0 Å². The van der Waals surface area contributed by atoms with Crippen LogP contribution in [-0.4, -0.2) is 24.9 Å². The summed E-state index contributed by atoms with van der Waals surface area (Å²) in [7, 11) is 0. The van der Waals surface area contributed by atoms with Crippen molar-refractivity contribution in [2.24, 2.45) is 5.73 Å². The Morgan fingerprint density at radius 2 is 1.94 bits per heavy atom. The zero-order valence-electron chi connectivity index (χ0n) is 10.1. The number of benzene rings is 1. The van der Waals surface area contributed by atoms with Crippen molar-refractivity contribution in [3.05, 3.63) is 23.3 Å². The van der Waals surface area contributed by atoms with Crippen LogP contribution < -0.4 is 15.2 Å². The zero-order valence-corrected chi connectivity index (χ0v) is 10.1. The van der Waals surface area contributed by atoms with Crippen molar-refractivity contribution in [2.75, 3.05) is 19.8 Å². The third kappa shape index (κ3) is 2.53. The van der Waals surface area contributed by atoms with Crippen molar-refractivity contribution >= 4 is 0 Å². The predicted octanol–water partition coefficient (Wildman–Crippen LogP) is 1.40. The number of aliphatic hydroxyl groups excluding tert-OH is 1. The van der Waals surface area contributed by atoms with E-state index in [1.54, 1.807) is 0 Å². The summed E-state index contributed by atoms with van der Waals surface area (Å²) in [4.78, 5) is 0. The third-order valence-electron chi connectivity index (χ3n) is 2.97. The Morgan fingerprint density at radius 1 is 1.29 bits per heavy atom. The molecule has 0 aromatic heterocycles. The number of rotatable bonds is 3. The summed E-state index contributed by atoms with van der Waals surface area (Å²) < 4.78 is 11.2. The van der Waals surface area contributed by atoms with E-state index >= 15 is 0 Å². The lowest BCUT2D eigenvalue weighted by Crippen LogP contribution is -2.13. The Kier molecular flexibility index (Phi) is 3.86. The maximum absolute atomic E-state index is 9.89.